The molecule has 0 bridgehead atoms. The summed E-state index contributed by atoms with van der Waals surface area (Å²) in [4.78, 5) is 7.05. The number of rotatable bonds is 3. The van der Waals surface area contributed by atoms with Crippen LogP contribution in [0.3, 0.4) is 0 Å². The molecule has 0 atom stereocenters. The molecular weight excluding hydrogens is 288 g/mol. The number of para-hydroxylation sites is 2. The van der Waals surface area contributed by atoms with Crippen LogP contribution < -0.4 is 4.72 Å². The van der Waals surface area contributed by atoms with Crippen LogP contribution in [0.4, 0.5) is 5.95 Å². The van der Waals surface area contributed by atoms with Crippen molar-refractivity contribution in [1.82, 2.24) is 9.97 Å². The zero-order valence-electron chi connectivity index (χ0n) is 10.7. The number of anilines is 1. The molecule has 0 saturated heterocycles. The zero-order valence-corrected chi connectivity index (χ0v) is 11.6. The quantitative estimate of drug-likeness (QED) is 0.774. The Hall–Kier alpha value is -2.85. The lowest BCUT2D eigenvalue weighted by molar-refractivity contribution is 0.601. The third kappa shape index (κ3) is 2.57. The number of hydrogen-bond donors (Lipinski definition) is 2. The number of nitriles is 1. The molecule has 104 valence electrons. The second kappa shape index (κ2) is 4.92. The van der Waals surface area contributed by atoms with Gasteiger partial charge in [-0.25, -0.2) is 18.1 Å². The number of aromatic nitrogens is 2. The molecule has 21 heavy (non-hydrogen) atoms. The molecule has 1 aromatic heterocycles. The number of nitrogens with one attached hydrogen (secondary N) is 2. The highest BCUT2D eigenvalue weighted by molar-refractivity contribution is 7.92. The van der Waals surface area contributed by atoms with Crippen LogP contribution in [-0.2, 0) is 10.0 Å². The van der Waals surface area contributed by atoms with Crippen LogP contribution >= 0.6 is 0 Å². The number of sulfonamides is 1. The number of fused-ring (bicyclic) bond motifs is 1. The number of imidazole rings is 1. The van der Waals surface area contributed by atoms with Gasteiger partial charge in [-0.2, -0.15) is 5.26 Å². The lowest BCUT2D eigenvalue weighted by Gasteiger charge is -2.05. The summed E-state index contributed by atoms with van der Waals surface area (Å²) in [6.45, 7) is 0. The molecule has 2 N–H and O–H groups in total. The maximum absolute atomic E-state index is 12.3. The fourth-order valence-electron chi connectivity index (χ4n) is 1.92. The molecule has 0 aliphatic heterocycles. The molecule has 0 fully saturated rings. The van der Waals surface area contributed by atoms with Gasteiger partial charge in [0.1, 0.15) is 0 Å². The molecule has 3 aromatic rings. The first kappa shape index (κ1) is 13.1. The van der Waals surface area contributed by atoms with Crippen molar-refractivity contribution in [3.63, 3.8) is 0 Å². The van der Waals surface area contributed by atoms with Gasteiger partial charge >= 0.3 is 0 Å². The summed E-state index contributed by atoms with van der Waals surface area (Å²) in [5, 5.41) is 8.83. The van der Waals surface area contributed by atoms with Crippen LogP contribution in [0.1, 0.15) is 5.56 Å². The lowest BCUT2D eigenvalue weighted by Crippen LogP contribution is -2.14. The van der Waals surface area contributed by atoms with Crippen molar-refractivity contribution in [3.8, 4) is 6.07 Å². The first-order valence-corrected chi connectivity index (χ1v) is 7.54. The number of aromatic amines is 1. The van der Waals surface area contributed by atoms with Gasteiger partial charge in [-0.15, -0.1) is 0 Å². The van der Waals surface area contributed by atoms with Crippen LogP contribution in [-0.4, -0.2) is 18.4 Å². The van der Waals surface area contributed by atoms with E-state index in [2.05, 4.69) is 14.7 Å². The third-order valence-electron chi connectivity index (χ3n) is 2.89. The summed E-state index contributed by atoms with van der Waals surface area (Å²) in [7, 11) is -3.79. The largest absolute Gasteiger partial charge is 0.323 e. The van der Waals surface area contributed by atoms with E-state index in [-0.39, 0.29) is 16.4 Å². The van der Waals surface area contributed by atoms with Crippen molar-refractivity contribution in [2.24, 2.45) is 0 Å². The van der Waals surface area contributed by atoms with E-state index in [1.165, 1.54) is 18.2 Å². The van der Waals surface area contributed by atoms with Gasteiger partial charge in [-0.05, 0) is 30.3 Å². The molecule has 2 aromatic carbocycles. The third-order valence-corrected chi connectivity index (χ3v) is 4.23. The fraction of sp³-hybridized carbons (Fsp3) is 0. The zero-order chi connectivity index (χ0) is 14.9. The maximum Gasteiger partial charge on any atom is 0.264 e. The van der Waals surface area contributed by atoms with E-state index >= 15 is 0 Å². The molecule has 0 aliphatic carbocycles. The van der Waals surface area contributed by atoms with Crippen molar-refractivity contribution < 1.29 is 8.42 Å². The van der Waals surface area contributed by atoms with Gasteiger partial charge in [-0.1, -0.05) is 18.2 Å². The average molecular weight is 298 g/mol. The molecule has 0 aliphatic rings. The molecule has 7 heteroatoms. The predicted octanol–water partition coefficient (Wildman–Crippen LogP) is 2.24. The predicted molar refractivity (Wildman–Crippen MR) is 78.1 cm³/mol. The van der Waals surface area contributed by atoms with Gasteiger partial charge in [-0.3, -0.25) is 0 Å². The van der Waals surface area contributed by atoms with Gasteiger partial charge < -0.3 is 4.98 Å². The van der Waals surface area contributed by atoms with Crippen molar-refractivity contribution in [2.75, 3.05) is 4.72 Å². The number of nitrogens with zero attached hydrogens (tertiary/aromatic N) is 2. The van der Waals surface area contributed by atoms with Gasteiger partial charge in [0.05, 0.1) is 27.6 Å². The van der Waals surface area contributed by atoms with E-state index in [1.807, 2.05) is 18.2 Å². The highest BCUT2D eigenvalue weighted by atomic mass is 32.2. The van der Waals surface area contributed by atoms with Crippen LogP contribution in [0.2, 0.25) is 0 Å². The summed E-state index contributed by atoms with van der Waals surface area (Å²) in [6, 6.07) is 14.9. The molecule has 6 nitrogen and oxygen atoms in total. The fourth-order valence-corrected chi connectivity index (χ4v) is 2.93. The Balaban J connectivity index is 1.97. The van der Waals surface area contributed by atoms with Crippen LogP contribution in [0.15, 0.2) is 53.4 Å². The van der Waals surface area contributed by atoms with Crippen LogP contribution in [0.25, 0.3) is 11.0 Å². The average Bonchev–Trinajstić information content (AvgIpc) is 2.88. The molecule has 0 spiro atoms. The molecule has 0 saturated carbocycles. The Kier molecular flexibility index (Phi) is 3.08. The summed E-state index contributed by atoms with van der Waals surface area (Å²) in [5.74, 6) is 0.138. The SMILES string of the molecule is N#Cc1cccc(S(=O)(=O)Nc2nc3ccccc3[nH]2)c1. The smallest absolute Gasteiger partial charge is 0.264 e. The Morgan fingerprint density at radius 1 is 1.14 bits per heavy atom. The molecule has 0 amide bonds. The minimum atomic E-state index is -3.79. The lowest BCUT2D eigenvalue weighted by atomic mass is 10.2. The minimum absolute atomic E-state index is 0.0157. The molecule has 3 rings (SSSR count). The topological polar surface area (TPSA) is 98.6 Å². The second-order valence-electron chi connectivity index (χ2n) is 4.35. The highest BCUT2D eigenvalue weighted by Gasteiger charge is 2.16. The highest BCUT2D eigenvalue weighted by Crippen LogP contribution is 2.18. The summed E-state index contributed by atoms with van der Waals surface area (Å²) in [5.41, 5.74) is 1.68. The van der Waals surface area contributed by atoms with Crippen molar-refractivity contribution >= 4 is 27.0 Å². The van der Waals surface area contributed by atoms with Crippen molar-refractivity contribution in [3.05, 3.63) is 54.1 Å². The van der Waals surface area contributed by atoms with Crippen molar-refractivity contribution in [1.29, 1.82) is 5.26 Å². The molecule has 0 radical (unpaired) electrons. The second-order valence-corrected chi connectivity index (χ2v) is 6.03. The van der Waals surface area contributed by atoms with E-state index in [0.29, 0.717) is 5.52 Å². The number of hydrogen-bond acceptors (Lipinski definition) is 4. The summed E-state index contributed by atoms with van der Waals surface area (Å²) >= 11 is 0. The normalized spacial score (nSPS) is 11.2. The van der Waals surface area contributed by atoms with Crippen LogP contribution in [0, 0.1) is 11.3 Å². The molecule has 1 heterocycles. The van der Waals surface area contributed by atoms with Gasteiger partial charge in [0.25, 0.3) is 10.0 Å². The Morgan fingerprint density at radius 2 is 1.95 bits per heavy atom. The summed E-state index contributed by atoms with van der Waals surface area (Å²) in [6.07, 6.45) is 0. The Bertz CT molecular complexity index is 921. The van der Waals surface area contributed by atoms with E-state index < -0.39 is 10.0 Å². The number of H-pyrrole nitrogens is 1. The van der Waals surface area contributed by atoms with Crippen LogP contribution in [0.5, 0.6) is 0 Å². The van der Waals surface area contributed by atoms with E-state index in [1.54, 1.807) is 18.2 Å². The molecule has 0 unspecified atom stereocenters. The van der Waals surface area contributed by atoms with E-state index in [9.17, 15) is 8.42 Å². The number of benzene rings is 2. The molecular formula is C14H10N4O2S. The Morgan fingerprint density at radius 3 is 2.71 bits per heavy atom. The van der Waals surface area contributed by atoms with Gasteiger partial charge in [0.15, 0.2) is 0 Å². The van der Waals surface area contributed by atoms with Crippen molar-refractivity contribution in [2.45, 2.75) is 4.90 Å². The standard InChI is InChI=1S/C14H10N4O2S/c15-9-10-4-3-5-11(8-10)21(19,20)18-14-16-12-6-1-2-7-13(12)17-14/h1-8H,(H2,16,17,18). The Labute approximate surface area is 121 Å². The summed E-state index contributed by atoms with van der Waals surface area (Å²) < 4.78 is 26.9. The van der Waals surface area contributed by atoms with E-state index in [0.717, 1.165) is 5.52 Å². The maximum atomic E-state index is 12.3. The monoisotopic (exact) mass is 298 g/mol. The van der Waals surface area contributed by atoms with E-state index in [4.69, 9.17) is 5.26 Å². The minimum Gasteiger partial charge on any atom is -0.323 e. The van der Waals surface area contributed by atoms with Gasteiger partial charge in [0, 0.05) is 0 Å². The first-order valence-electron chi connectivity index (χ1n) is 6.06. The first-order chi connectivity index (χ1) is 10.1. The van der Waals surface area contributed by atoms with Gasteiger partial charge in [0.2, 0.25) is 5.95 Å².